The molecule has 0 saturated carbocycles. The number of hydrogen-bond donors (Lipinski definition) is 1. The third-order valence-corrected chi connectivity index (χ3v) is 5.32. The summed E-state index contributed by atoms with van der Waals surface area (Å²) in [5.74, 6) is 1.71. The summed E-state index contributed by atoms with van der Waals surface area (Å²) in [6, 6.07) is 13.0. The Hall–Kier alpha value is -3.33. The van der Waals surface area contributed by atoms with E-state index in [4.69, 9.17) is 9.15 Å². The highest BCUT2D eigenvalue weighted by atomic mass is 32.2. The molecule has 154 valence electrons. The van der Waals surface area contributed by atoms with Crippen LogP contribution in [0.5, 0.6) is 5.75 Å². The Kier molecular flexibility index (Phi) is 5.71. The molecule has 30 heavy (non-hydrogen) atoms. The quantitative estimate of drug-likeness (QED) is 0.444. The fourth-order valence-electron chi connectivity index (χ4n) is 2.84. The molecule has 2 heterocycles. The second-order valence-corrected chi connectivity index (χ2v) is 7.85. The number of thioether (sulfide) groups is 1. The monoisotopic (exact) mass is 423 g/mol. The predicted molar refractivity (Wildman–Crippen MR) is 115 cm³/mol. The van der Waals surface area contributed by atoms with Gasteiger partial charge in [0.25, 0.3) is 0 Å². The summed E-state index contributed by atoms with van der Waals surface area (Å²) < 4.78 is 12.7. The van der Waals surface area contributed by atoms with Gasteiger partial charge in [-0.15, -0.1) is 10.2 Å². The van der Waals surface area contributed by atoms with Crippen molar-refractivity contribution in [1.82, 2.24) is 19.7 Å². The van der Waals surface area contributed by atoms with E-state index in [0.717, 1.165) is 17.0 Å². The van der Waals surface area contributed by atoms with Crippen LogP contribution >= 0.6 is 11.8 Å². The molecule has 0 saturated heterocycles. The normalized spacial score (nSPS) is 11.2. The van der Waals surface area contributed by atoms with Gasteiger partial charge >= 0.3 is 0 Å². The van der Waals surface area contributed by atoms with E-state index in [1.54, 1.807) is 19.5 Å². The average Bonchev–Trinajstić information content (AvgIpc) is 3.39. The molecule has 2 aromatic heterocycles. The molecule has 1 N–H and O–H groups in total. The van der Waals surface area contributed by atoms with Gasteiger partial charge in [0.2, 0.25) is 5.91 Å². The van der Waals surface area contributed by atoms with Crippen LogP contribution in [0.2, 0.25) is 0 Å². The standard InChI is InChI=1S/C21H21N5O3S/c1-13(2)20-24-17-10-14(4-9-18(17)29-20)23-19(27)11-30-21-25-22-12-26(21)15-5-7-16(28-3)8-6-15/h4-10,12-13H,11H2,1-3H3,(H,23,27). The van der Waals surface area contributed by atoms with Crippen LogP contribution in [-0.2, 0) is 4.79 Å². The Balaban J connectivity index is 1.40. The number of amides is 1. The Morgan fingerprint density at radius 3 is 2.77 bits per heavy atom. The third-order valence-electron chi connectivity index (χ3n) is 4.38. The highest BCUT2D eigenvalue weighted by Gasteiger charge is 2.13. The molecule has 0 aliphatic rings. The molecular formula is C21H21N5O3S. The average molecular weight is 423 g/mol. The molecule has 0 fully saturated rings. The van der Waals surface area contributed by atoms with E-state index in [9.17, 15) is 4.79 Å². The van der Waals surface area contributed by atoms with Crippen molar-refractivity contribution in [3.8, 4) is 11.4 Å². The van der Waals surface area contributed by atoms with Crippen LogP contribution in [0, 0.1) is 0 Å². The number of carbonyl (C=O) groups is 1. The fourth-order valence-corrected chi connectivity index (χ4v) is 3.57. The van der Waals surface area contributed by atoms with Crippen molar-refractivity contribution in [3.63, 3.8) is 0 Å². The summed E-state index contributed by atoms with van der Waals surface area (Å²) in [6.07, 6.45) is 1.62. The van der Waals surface area contributed by atoms with Crippen molar-refractivity contribution in [2.75, 3.05) is 18.2 Å². The number of benzene rings is 2. The minimum Gasteiger partial charge on any atom is -0.497 e. The number of hydrogen-bond acceptors (Lipinski definition) is 7. The van der Waals surface area contributed by atoms with Crippen LogP contribution in [0.4, 0.5) is 5.69 Å². The van der Waals surface area contributed by atoms with Gasteiger partial charge in [-0.2, -0.15) is 0 Å². The maximum atomic E-state index is 12.4. The van der Waals surface area contributed by atoms with Crippen LogP contribution in [0.15, 0.2) is 58.4 Å². The zero-order valence-electron chi connectivity index (χ0n) is 16.8. The third kappa shape index (κ3) is 4.30. The number of carbonyl (C=O) groups excluding carboxylic acids is 1. The molecule has 0 aliphatic heterocycles. The number of ether oxygens (including phenoxy) is 1. The maximum Gasteiger partial charge on any atom is 0.234 e. The van der Waals surface area contributed by atoms with Gasteiger partial charge in [0, 0.05) is 17.3 Å². The molecule has 2 aromatic carbocycles. The van der Waals surface area contributed by atoms with Gasteiger partial charge in [0.15, 0.2) is 16.6 Å². The molecule has 0 radical (unpaired) electrons. The number of rotatable bonds is 7. The zero-order valence-corrected chi connectivity index (χ0v) is 17.6. The first kappa shape index (κ1) is 20.0. The van der Waals surface area contributed by atoms with Gasteiger partial charge in [-0.05, 0) is 42.5 Å². The van der Waals surface area contributed by atoms with Gasteiger partial charge in [-0.1, -0.05) is 25.6 Å². The van der Waals surface area contributed by atoms with Gasteiger partial charge < -0.3 is 14.5 Å². The minimum absolute atomic E-state index is 0.142. The molecule has 0 bridgehead atoms. The largest absolute Gasteiger partial charge is 0.497 e. The Bertz CT molecular complexity index is 1170. The Morgan fingerprint density at radius 1 is 1.23 bits per heavy atom. The van der Waals surface area contributed by atoms with Crippen molar-refractivity contribution < 1.29 is 13.9 Å². The maximum absolute atomic E-state index is 12.4. The van der Waals surface area contributed by atoms with Crippen LogP contribution in [0.3, 0.4) is 0 Å². The SMILES string of the molecule is COc1ccc(-n2cnnc2SCC(=O)Nc2ccc3oc(C(C)C)nc3c2)cc1. The number of anilines is 1. The second kappa shape index (κ2) is 8.58. The highest BCUT2D eigenvalue weighted by Crippen LogP contribution is 2.25. The van der Waals surface area contributed by atoms with Gasteiger partial charge in [-0.3, -0.25) is 9.36 Å². The summed E-state index contributed by atoms with van der Waals surface area (Å²) in [6.45, 7) is 4.05. The lowest BCUT2D eigenvalue weighted by Crippen LogP contribution is -2.14. The van der Waals surface area contributed by atoms with Crippen LogP contribution in [-0.4, -0.2) is 38.5 Å². The molecule has 0 unspecified atom stereocenters. The minimum atomic E-state index is -0.142. The molecule has 1 amide bonds. The Morgan fingerprint density at radius 2 is 2.03 bits per heavy atom. The number of nitrogens with zero attached hydrogens (tertiary/aromatic N) is 4. The van der Waals surface area contributed by atoms with E-state index in [1.165, 1.54) is 11.8 Å². The van der Waals surface area contributed by atoms with Gasteiger partial charge in [0.1, 0.15) is 17.6 Å². The molecule has 4 aromatic rings. The van der Waals surface area contributed by atoms with Crippen molar-refractivity contribution in [2.45, 2.75) is 24.9 Å². The van der Waals surface area contributed by atoms with Gasteiger partial charge in [-0.25, -0.2) is 4.98 Å². The summed E-state index contributed by atoms with van der Waals surface area (Å²) in [4.78, 5) is 16.9. The summed E-state index contributed by atoms with van der Waals surface area (Å²) in [5.41, 5.74) is 3.00. The Labute approximate surface area is 177 Å². The fraction of sp³-hybridized carbons (Fsp3) is 0.238. The molecule has 0 aliphatic carbocycles. The van der Waals surface area contributed by atoms with Crippen molar-refractivity contribution >= 4 is 34.5 Å². The zero-order chi connectivity index (χ0) is 21.1. The summed E-state index contributed by atoms with van der Waals surface area (Å²) >= 11 is 1.31. The first-order valence-electron chi connectivity index (χ1n) is 9.41. The molecular weight excluding hydrogens is 402 g/mol. The van der Waals surface area contributed by atoms with E-state index in [2.05, 4.69) is 20.5 Å². The number of aromatic nitrogens is 4. The molecule has 0 spiro atoms. The topological polar surface area (TPSA) is 95.1 Å². The summed E-state index contributed by atoms with van der Waals surface area (Å²) in [7, 11) is 1.62. The molecule has 4 rings (SSSR count). The van der Waals surface area contributed by atoms with Crippen LogP contribution < -0.4 is 10.1 Å². The van der Waals surface area contributed by atoms with Crippen LogP contribution in [0.25, 0.3) is 16.8 Å². The number of oxazole rings is 1. The van der Waals surface area contributed by atoms with Crippen molar-refractivity contribution in [3.05, 3.63) is 54.7 Å². The van der Waals surface area contributed by atoms with E-state index in [0.29, 0.717) is 22.3 Å². The predicted octanol–water partition coefficient (Wildman–Crippen LogP) is 4.27. The summed E-state index contributed by atoms with van der Waals surface area (Å²) in [5, 5.41) is 11.6. The van der Waals surface area contributed by atoms with Crippen LogP contribution in [0.1, 0.15) is 25.7 Å². The van der Waals surface area contributed by atoms with Gasteiger partial charge in [0.05, 0.1) is 12.9 Å². The number of fused-ring (bicyclic) bond motifs is 1. The lowest BCUT2D eigenvalue weighted by molar-refractivity contribution is -0.113. The lowest BCUT2D eigenvalue weighted by Gasteiger charge is -2.08. The van der Waals surface area contributed by atoms with Crippen molar-refractivity contribution in [2.24, 2.45) is 0 Å². The molecule has 9 heteroatoms. The molecule has 0 atom stereocenters. The first-order chi connectivity index (χ1) is 14.5. The molecule has 8 nitrogen and oxygen atoms in total. The first-order valence-corrected chi connectivity index (χ1v) is 10.4. The van der Waals surface area contributed by atoms with E-state index < -0.39 is 0 Å². The smallest absolute Gasteiger partial charge is 0.234 e. The second-order valence-electron chi connectivity index (χ2n) is 6.91. The van der Waals surface area contributed by atoms with E-state index in [-0.39, 0.29) is 17.6 Å². The lowest BCUT2D eigenvalue weighted by atomic mass is 10.2. The highest BCUT2D eigenvalue weighted by molar-refractivity contribution is 7.99. The van der Waals surface area contributed by atoms with E-state index >= 15 is 0 Å². The van der Waals surface area contributed by atoms with E-state index in [1.807, 2.05) is 54.8 Å². The number of nitrogens with one attached hydrogen (secondary N) is 1. The van der Waals surface area contributed by atoms with Crippen molar-refractivity contribution in [1.29, 1.82) is 0 Å². The number of methoxy groups -OCH3 is 1.